The normalized spacial score (nSPS) is 9.91. The van der Waals surface area contributed by atoms with Crippen molar-refractivity contribution < 1.29 is 21.7 Å². The quantitative estimate of drug-likeness (QED) is 0.755. The maximum atomic E-state index is 5.34. The zero-order valence-corrected chi connectivity index (χ0v) is 14.7. The Labute approximate surface area is 144 Å². The highest BCUT2D eigenvalue weighted by atomic mass is 79.9. The van der Waals surface area contributed by atoms with E-state index in [2.05, 4.69) is 46.9 Å². The number of aromatic nitrogens is 1. The Bertz CT molecular complexity index is 740. The fourth-order valence-corrected chi connectivity index (χ4v) is 2.78. The van der Waals surface area contributed by atoms with Crippen LogP contribution in [0.5, 0.6) is 5.75 Å². The van der Waals surface area contributed by atoms with E-state index in [4.69, 9.17) is 4.74 Å². The molecular weight excluding hydrogens is 360 g/mol. The summed E-state index contributed by atoms with van der Waals surface area (Å²) in [6.07, 6.45) is 0. The van der Waals surface area contributed by atoms with E-state index in [1.54, 1.807) is 18.4 Å². The molecule has 0 bridgehead atoms. The number of halogens is 1. The summed E-state index contributed by atoms with van der Waals surface area (Å²) in [4.78, 5) is 4.63. The van der Waals surface area contributed by atoms with Gasteiger partial charge < -0.3 is 27.0 Å². The zero-order valence-electron chi connectivity index (χ0n) is 12.3. The highest BCUT2D eigenvalue weighted by Crippen LogP contribution is 2.31. The third-order valence-electron chi connectivity index (χ3n) is 3.20. The molecule has 1 heterocycles. The average molecular weight is 376 g/mol. The molecular formula is C17H16BrN2OS-. The van der Waals surface area contributed by atoms with Crippen LogP contribution in [0.3, 0.4) is 0 Å². The molecule has 0 atom stereocenters. The number of benzene rings is 2. The first-order chi connectivity index (χ1) is 10.3. The van der Waals surface area contributed by atoms with Gasteiger partial charge in [-0.15, -0.1) is 11.3 Å². The molecule has 3 rings (SSSR count). The number of ether oxygens (including phenoxy) is 1. The highest BCUT2D eigenvalue weighted by Gasteiger charge is 2.07. The first kappa shape index (κ1) is 16.5. The van der Waals surface area contributed by atoms with Crippen molar-refractivity contribution in [1.29, 1.82) is 0 Å². The van der Waals surface area contributed by atoms with Gasteiger partial charge in [-0.2, -0.15) is 0 Å². The SMILES string of the molecule is COc1ccccc1Nc1nc(-c2ccc(C)cc2)cs1.[Br-]. The number of aryl methyl sites for hydroxylation is 1. The smallest absolute Gasteiger partial charge is 0.187 e. The third-order valence-corrected chi connectivity index (χ3v) is 3.96. The standard InChI is InChI=1S/C17H16N2OS.BrH/c1-12-7-9-13(10-8-12)15-11-21-17(19-15)18-14-5-3-4-6-16(14)20-2;/h3-11H,1-2H3,(H,18,19);1H/p-1. The highest BCUT2D eigenvalue weighted by molar-refractivity contribution is 7.14. The summed E-state index contributed by atoms with van der Waals surface area (Å²) in [5.41, 5.74) is 4.29. The van der Waals surface area contributed by atoms with Crippen molar-refractivity contribution in [2.75, 3.05) is 12.4 Å². The van der Waals surface area contributed by atoms with Crippen LogP contribution in [-0.4, -0.2) is 12.1 Å². The summed E-state index contributed by atoms with van der Waals surface area (Å²) in [5.74, 6) is 0.810. The van der Waals surface area contributed by atoms with Crippen molar-refractivity contribution in [2.24, 2.45) is 0 Å². The number of nitrogens with zero attached hydrogens (tertiary/aromatic N) is 1. The Kier molecular flexibility index (Phi) is 5.57. The minimum absolute atomic E-state index is 0. The first-order valence-corrected chi connectivity index (χ1v) is 7.57. The van der Waals surface area contributed by atoms with Crippen molar-refractivity contribution in [2.45, 2.75) is 6.92 Å². The molecule has 0 radical (unpaired) electrons. The van der Waals surface area contributed by atoms with Gasteiger partial charge in [-0.05, 0) is 19.1 Å². The second-order valence-corrected chi connectivity index (χ2v) is 5.59. The lowest BCUT2D eigenvalue weighted by molar-refractivity contribution is -0.00000449. The second-order valence-electron chi connectivity index (χ2n) is 4.73. The van der Waals surface area contributed by atoms with Gasteiger partial charge in [-0.3, -0.25) is 0 Å². The lowest BCUT2D eigenvalue weighted by Gasteiger charge is -2.08. The van der Waals surface area contributed by atoms with Gasteiger partial charge in [0.2, 0.25) is 0 Å². The van der Waals surface area contributed by atoms with Crippen molar-refractivity contribution >= 4 is 22.2 Å². The Morgan fingerprint density at radius 1 is 1.05 bits per heavy atom. The molecule has 0 unspecified atom stereocenters. The number of para-hydroxylation sites is 2. The molecule has 5 heteroatoms. The number of methoxy groups -OCH3 is 1. The molecule has 0 saturated heterocycles. The van der Waals surface area contributed by atoms with E-state index in [9.17, 15) is 0 Å². The van der Waals surface area contributed by atoms with E-state index in [0.29, 0.717) is 0 Å². The molecule has 1 N–H and O–H groups in total. The number of anilines is 2. The minimum atomic E-state index is 0. The summed E-state index contributed by atoms with van der Waals surface area (Å²) in [7, 11) is 1.67. The summed E-state index contributed by atoms with van der Waals surface area (Å²) in [6.45, 7) is 2.08. The summed E-state index contributed by atoms with van der Waals surface area (Å²) in [6, 6.07) is 16.2. The second kappa shape index (κ2) is 7.42. The molecule has 1 aromatic heterocycles. The Hall–Kier alpha value is -1.85. The zero-order chi connectivity index (χ0) is 14.7. The number of hydrogen-bond acceptors (Lipinski definition) is 4. The molecule has 0 saturated carbocycles. The Balaban J connectivity index is 0.00000176. The molecule has 0 amide bonds. The monoisotopic (exact) mass is 375 g/mol. The van der Waals surface area contributed by atoms with Crippen LogP contribution >= 0.6 is 11.3 Å². The first-order valence-electron chi connectivity index (χ1n) is 6.69. The lowest BCUT2D eigenvalue weighted by Crippen LogP contribution is -3.00. The van der Waals surface area contributed by atoms with Crippen LogP contribution in [0.4, 0.5) is 10.8 Å². The van der Waals surface area contributed by atoms with Gasteiger partial charge in [-0.25, -0.2) is 4.98 Å². The van der Waals surface area contributed by atoms with E-state index in [1.165, 1.54) is 5.56 Å². The summed E-state index contributed by atoms with van der Waals surface area (Å²) < 4.78 is 5.34. The van der Waals surface area contributed by atoms with Crippen molar-refractivity contribution in [1.82, 2.24) is 4.98 Å². The lowest BCUT2D eigenvalue weighted by atomic mass is 10.1. The van der Waals surface area contributed by atoms with Gasteiger partial charge >= 0.3 is 0 Å². The topological polar surface area (TPSA) is 34.1 Å². The van der Waals surface area contributed by atoms with E-state index in [0.717, 1.165) is 27.8 Å². The van der Waals surface area contributed by atoms with Crippen LogP contribution < -0.4 is 27.0 Å². The third kappa shape index (κ3) is 3.67. The van der Waals surface area contributed by atoms with E-state index >= 15 is 0 Å². The maximum absolute atomic E-state index is 5.34. The molecule has 0 aliphatic carbocycles. The van der Waals surface area contributed by atoms with Gasteiger partial charge in [0.05, 0.1) is 18.5 Å². The fraction of sp³-hybridized carbons (Fsp3) is 0.118. The molecule has 114 valence electrons. The van der Waals surface area contributed by atoms with Crippen LogP contribution in [0.25, 0.3) is 11.3 Å². The molecule has 0 aliphatic rings. The number of rotatable bonds is 4. The van der Waals surface area contributed by atoms with Crippen LogP contribution in [0, 0.1) is 6.92 Å². The van der Waals surface area contributed by atoms with Crippen LogP contribution in [0.15, 0.2) is 53.9 Å². The predicted octanol–water partition coefficient (Wildman–Crippen LogP) is 1.87. The molecule has 3 nitrogen and oxygen atoms in total. The predicted molar refractivity (Wildman–Crippen MR) is 88.6 cm³/mol. The van der Waals surface area contributed by atoms with Gasteiger partial charge in [0.15, 0.2) is 5.13 Å². The molecule has 0 spiro atoms. The fourth-order valence-electron chi connectivity index (χ4n) is 2.05. The van der Waals surface area contributed by atoms with Gasteiger partial charge in [0.25, 0.3) is 0 Å². The van der Waals surface area contributed by atoms with Crippen LogP contribution in [-0.2, 0) is 0 Å². The van der Waals surface area contributed by atoms with Gasteiger partial charge in [-0.1, -0.05) is 42.0 Å². The number of hydrogen-bond donors (Lipinski definition) is 1. The number of thiazole rings is 1. The molecule has 22 heavy (non-hydrogen) atoms. The maximum Gasteiger partial charge on any atom is 0.187 e. The van der Waals surface area contributed by atoms with Gasteiger partial charge in [0.1, 0.15) is 5.75 Å². The summed E-state index contributed by atoms with van der Waals surface area (Å²) >= 11 is 1.58. The molecule has 2 aromatic carbocycles. The largest absolute Gasteiger partial charge is 1.00 e. The Morgan fingerprint density at radius 3 is 2.50 bits per heavy atom. The van der Waals surface area contributed by atoms with E-state index in [1.807, 2.05) is 24.3 Å². The van der Waals surface area contributed by atoms with Crippen molar-refractivity contribution in [3.63, 3.8) is 0 Å². The van der Waals surface area contributed by atoms with E-state index in [-0.39, 0.29) is 17.0 Å². The van der Waals surface area contributed by atoms with Crippen molar-refractivity contribution in [3.8, 4) is 17.0 Å². The van der Waals surface area contributed by atoms with Crippen LogP contribution in [0.2, 0.25) is 0 Å². The van der Waals surface area contributed by atoms with Crippen molar-refractivity contribution in [3.05, 3.63) is 59.5 Å². The van der Waals surface area contributed by atoms with Gasteiger partial charge in [0, 0.05) is 10.9 Å². The van der Waals surface area contributed by atoms with Crippen LogP contribution in [0.1, 0.15) is 5.56 Å². The molecule has 3 aromatic rings. The number of nitrogens with one attached hydrogen (secondary N) is 1. The average Bonchev–Trinajstić information content (AvgIpc) is 2.97. The minimum Gasteiger partial charge on any atom is -1.00 e. The summed E-state index contributed by atoms with van der Waals surface area (Å²) in [5, 5.41) is 6.22. The Morgan fingerprint density at radius 2 is 1.77 bits per heavy atom. The molecule has 0 fully saturated rings. The van der Waals surface area contributed by atoms with E-state index < -0.39 is 0 Å². The molecule has 0 aliphatic heterocycles.